The van der Waals surface area contributed by atoms with Crippen LogP contribution in [0.1, 0.15) is 15.9 Å². The van der Waals surface area contributed by atoms with E-state index in [0.717, 1.165) is 16.8 Å². The molecule has 0 fully saturated rings. The van der Waals surface area contributed by atoms with Gasteiger partial charge in [0.2, 0.25) is 0 Å². The second-order valence-corrected chi connectivity index (χ2v) is 6.23. The quantitative estimate of drug-likeness (QED) is 0.763. The number of nitrogens with zero attached hydrogens (tertiary/aromatic N) is 2. The van der Waals surface area contributed by atoms with Crippen molar-refractivity contribution < 1.29 is 9.53 Å². The lowest BCUT2D eigenvalue weighted by molar-refractivity contribution is 0.0947. The van der Waals surface area contributed by atoms with Gasteiger partial charge in [-0.25, -0.2) is 0 Å². The van der Waals surface area contributed by atoms with E-state index in [2.05, 4.69) is 10.3 Å². The number of carbonyl (C=O) groups excluding carboxylic acids is 1. The Morgan fingerprint density at radius 1 is 1.36 bits per heavy atom. The monoisotopic (exact) mass is 355 g/mol. The predicted molar refractivity (Wildman–Crippen MR) is 97.0 cm³/mol. The molecule has 3 heterocycles. The van der Waals surface area contributed by atoms with E-state index in [-0.39, 0.29) is 17.2 Å². The van der Waals surface area contributed by atoms with Crippen molar-refractivity contribution in [2.75, 3.05) is 7.11 Å². The highest BCUT2D eigenvalue weighted by atomic mass is 32.1. The minimum atomic E-state index is -0.304. The first-order valence-electron chi connectivity index (χ1n) is 7.59. The Morgan fingerprint density at radius 2 is 2.20 bits per heavy atom. The van der Waals surface area contributed by atoms with Gasteiger partial charge in [0.25, 0.3) is 11.5 Å². The van der Waals surface area contributed by atoms with Crippen molar-refractivity contribution in [2.45, 2.75) is 6.54 Å². The summed E-state index contributed by atoms with van der Waals surface area (Å²) in [6.07, 6.45) is 3.20. The van der Waals surface area contributed by atoms with Gasteiger partial charge >= 0.3 is 0 Å². The fourth-order valence-corrected chi connectivity index (χ4v) is 3.03. The van der Waals surface area contributed by atoms with E-state index in [1.807, 2.05) is 29.0 Å². The van der Waals surface area contributed by atoms with Crippen LogP contribution < -0.4 is 15.6 Å². The molecule has 0 saturated heterocycles. The molecule has 0 bridgehead atoms. The molecule has 1 amide bonds. The molecule has 3 aromatic rings. The fourth-order valence-electron chi connectivity index (χ4n) is 2.38. The summed E-state index contributed by atoms with van der Waals surface area (Å²) in [5.41, 5.74) is 2.94. The maximum Gasteiger partial charge on any atom is 0.256 e. The summed E-state index contributed by atoms with van der Waals surface area (Å²) < 4.78 is 6.49. The van der Waals surface area contributed by atoms with E-state index in [0.29, 0.717) is 12.1 Å². The fraction of sp³-hybridized carbons (Fsp3) is 0.167. The summed E-state index contributed by atoms with van der Waals surface area (Å²) in [6.45, 7) is 0.352. The van der Waals surface area contributed by atoms with Crippen LogP contribution in [0, 0.1) is 0 Å². The van der Waals surface area contributed by atoms with Crippen molar-refractivity contribution in [2.24, 2.45) is 7.05 Å². The van der Waals surface area contributed by atoms with Crippen LogP contribution in [0.3, 0.4) is 0 Å². The highest BCUT2D eigenvalue weighted by Crippen LogP contribution is 2.20. The first kappa shape index (κ1) is 16.9. The van der Waals surface area contributed by atoms with E-state index < -0.39 is 0 Å². The van der Waals surface area contributed by atoms with Gasteiger partial charge in [-0.15, -0.1) is 0 Å². The third-order valence-electron chi connectivity index (χ3n) is 3.75. The van der Waals surface area contributed by atoms with E-state index in [9.17, 15) is 9.59 Å². The normalized spacial score (nSPS) is 10.5. The van der Waals surface area contributed by atoms with Crippen molar-refractivity contribution in [1.29, 1.82) is 0 Å². The first-order chi connectivity index (χ1) is 12.1. The van der Waals surface area contributed by atoms with E-state index in [1.54, 1.807) is 24.6 Å². The summed E-state index contributed by atoms with van der Waals surface area (Å²) in [6, 6.07) is 7.11. The van der Waals surface area contributed by atoms with E-state index in [1.165, 1.54) is 23.9 Å². The third kappa shape index (κ3) is 3.77. The zero-order valence-electron chi connectivity index (χ0n) is 13.9. The number of carbonyl (C=O) groups is 1. The number of pyridine rings is 2. The molecule has 25 heavy (non-hydrogen) atoms. The smallest absolute Gasteiger partial charge is 0.256 e. The van der Waals surface area contributed by atoms with Crippen LogP contribution in [-0.4, -0.2) is 22.6 Å². The number of aryl methyl sites for hydroxylation is 1. The lowest BCUT2D eigenvalue weighted by Crippen LogP contribution is -2.26. The molecular weight excluding hydrogens is 338 g/mol. The molecular formula is C18H17N3O3S. The van der Waals surface area contributed by atoms with Crippen LogP contribution >= 0.6 is 11.3 Å². The summed E-state index contributed by atoms with van der Waals surface area (Å²) in [5, 5.41) is 6.87. The van der Waals surface area contributed by atoms with Gasteiger partial charge in [-0.05, 0) is 29.1 Å². The van der Waals surface area contributed by atoms with Crippen molar-refractivity contribution in [3.63, 3.8) is 0 Å². The van der Waals surface area contributed by atoms with Crippen LogP contribution in [0.15, 0.2) is 52.2 Å². The molecule has 0 spiro atoms. The SMILES string of the molecule is COc1cc(=O)n(C)cc1C(=O)NCc1ccnc(-c2ccsc2)c1. The molecule has 3 rings (SSSR count). The standard InChI is InChI=1S/C18H17N3O3S/c1-21-10-14(16(24-2)8-17(21)22)18(23)20-9-12-3-5-19-15(7-12)13-4-6-25-11-13/h3-8,10-11H,9H2,1-2H3,(H,20,23). The number of ether oxygens (including phenoxy) is 1. The Morgan fingerprint density at radius 3 is 2.92 bits per heavy atom. The molecule has 0 aromatic carbocycles. The molecule has 7 heteroatoms. The number of hydrogen-bond acceptors (Lipinski definition) is 5. The number of nitrogens with one attached hydrogen (secondary N) is 1. The molecule has 0 aliphatic carbocycles. The molecule has 6 nitrogen and oxygen atoms in total. The van der Waals surface area contributed by atoms with Gasteiger partial charge in [-0.2, -0.15) is 11.3 Å². The zero-order chi connectivity index (χ0) is 17.8. The van der Waals surface area contributed by atoms with Crippen LogP contribution in [0.25, 0.3) is 11.3 Å². The molecule has 1 N–H and O–H groups in total. The Labute approximate surface area is 148 Å². The van der Waals surface area contributed by atoms with Gasteiger partial charge in [-0.1, -0.05) is 0 Å². The predicted octanol–water partition coefficient (Wildman–Crippen LogP) is 2.45. The van der Waals surface area contributed by atoms with Crippen LogP contribution in [0.5, 0.6) is 5.75 Å². The Hall–Kier alpha value is -2.93. The van der Waals surface area contributed by atoms with Crippen LogP contribution in [0.2, 0.25) is 0 Å². The van der Waals surface area contributed by atoms with E-state index in [4.69, 9.17) is 4.74 Å². The highest BCUT2D eigenvalue weighted by Gasteiger charge is 2.14. The van der Waals surface area contributed by atoms with Gasteiger partial charge in [0.15, 0.2) is 0 Å². The minimum Gasteiger partial charge on any atom is -0.496 e. The van der Waals surface area contributed by atoms with Gasteiger partial charge in [0.05, 0.1) is 18.4 Å². The van der Waals surface area contributed by atoms with E-state index >= 15 is 0 Å². The number of methoxy groups -OCH3 is 1. The van der Waals surface area contributed by atoms with Gasteiger partial charge in [0, 0.05) is 43.0 Å². The highest BCUT2D eigenvalue weighted by molar-refractivity contribution is 7.08. The average molecular weight is 355 g/mol. The second kappa shape index (κ2) is 7.31. The lowest BCUT2D eigenvalue weighted by atomic mass is 10.1. The average Bonchev–Trinajstić information content (AvgIpc) is 3.16. The number of hydrogen-bond donors (Lipinski definition) is 1. The summed E-state index contributed by atoms with van der Waals surface area (Å²) in [5.74, 6) is -0.0457. The molecule has 3 aromatic heterocycles. The molecule has 0 aliphatic heterocycles. The molecule has 0 radical (unpaired) electrons. The summed E-state index contributed by atoms with van der Waals surface area (Å²) in [7, 11) is 3.02. The molecule has 0 unspecified atom stereocenters. The number of thiophene rings is 1. The first-order valence-corrected chi connectivity index (χ1v) is 8.53. The lowest BCUT2D eigenvalue weighted by Gasteiger charge is -2.11. The Bertz CT molecular complexity index is 948. The molecule has 128 valence electrons. The molecule has 0 aliphatic rings. The van der Waals surface area contributed by atoms with Crippen LogP contribution in [-0.2, 0) is 13.6 Å². The number of aromatic nitrogens is 2. The van der Waals surface area contributed by atoms with Gasteiger partial charge in [0.1, 0.15) is 5.75 Å². The van der Waals surface area contributed by atoms with Crippen molar-refractivity contribution in [3.8, 4) is 17.0 Å². The van der Waals surface area contributed by atoms with Crippen molar-refractivity contribution in [3.05, 3.63) is 68.9 Å². The van der Waals surface area contributed by atoms with Crippen molar-refractivity contribution in [1.82, 2.24) is 14.9 Å². The Kier molecular flexibility index (Phi) is 4.95. The van der Waals surface area contributed by atoms with Gasteiger partial charge in [-0.3, -0.25) is 14.6 Å². The largest absolute Gasteiger partial charge is 0.496 e. The molecule has 0 atom stereocenters. The van der Waals surface area contributed by atoms with Crippen LogP contribution in [0.4, 0.5) is 0 Å². The summed E-state index contributed by atoms with van der Waals surface area (Å²) >= 11 is 1.61. The third-order valence-corrected chi connectivity index (χ3v) is 4.43. The van der Waals surface area contributed by atoms with Gasteiger partial charge < -0.3 is 14.6 Å². The Balaban J connectivity index is 1.76. The maximum atomic E-state index is 12.5. The zero-order valence-corrected chi connectivity index (χ0v) is 14.7. The minimum absolute atomic E-state index is 0.233. The topological polar surface area (TPSA) is 73.2 Å². The molecule has 0 saturated carbocycles. The number of rotatable bonds is 5. The maximum absolute atomic E-state index is 12.5. The van der Waals surface area contributed by atoms with Crippen molar-refractivity contribution >= 4 is 17.2 Å². The summed E-state index contributed by atoms with van der Waals surface area (Å²) in [4.78, 5) is 28.5. The number of amides is 1. The second-order valence-electron chi connectivity index (χ2n) is 5.45.